The Morgan fingerprint density at radius 1 is 1.38 bits per heavy atom. The predicted molar refractivity (Wildman–Crippen MR) is 68.3 cm³/mol. The molecule has 2 atom stereocenters. The zero-order valence-corrected chi connectivity index (χ0v) is 10.5. The second kappa shape index (κ2) is 4.75. The van der Waals surface area contributed by atoms with E-state index in [2.05, 4.69) is 19.6 Å². The number of rotatable bonds is 2. The van der Waals surface area contributed by atoms with E-state index in [0.29, 0.717) is 5.92 Å². The van der Waals surface area contributed by atoms with E-state index in [9.17, 15) is 5.11 Å². The van der Waals surface area contributed by atoms with Gasteiger partial charge in [-0.25, -0.2) is 0 Å². The molecule has 0 aromatic carbocycles. The number of aliphatic hydroxyl groups is 1. The summed E-state index contributed by atoms with van der Waals surface area (Å²) >= 11 is 0. The van der Waals surface area contributed by atoms with Crippen LogP contribution in [0.4, 0.5) is 0 Å². The number of allylic oxidation sites excluding steroid dienone is 1. The summed E-state index contributed by atoms with van der Waals surface area (Å²) in [6, 6.07) is 0. The average molecular weight is 220 g/mol. The molecule has 16 heavy (non-hydrogen) atoms. The van der Waals surface area contributed by atoms with Crippen LogP contribution in [-0.4, -0.2) is 10.7 Å². The van der Waals surface area contributed by atoms with Crippen molar-refractivity contribution >= 4 is 0 Å². The molecule has 0 unspecified atom stereocenters. The van der Waals surface area contributed by atoms with Crippen molar-refractivity contribution in [2.45, 2.75) is 63.9 Å². The molecule has 1 saturated carbocycles. The van der Waals surface area contributed by atoms with Crippen LogP contribution in [-0.2, 0) is 0 Å². The van der Waals surface area contributed by atoms with E-state index in [0.717, 1.165) is 37.7 Å². The molecule has 0 aliphatic heterocycles. The Labute approximate surface area is 99.3 Å². The van der Waals surface area contributed by atoms with E-state index >= 15 is 0 Å². The van der Waals surface area contributed by atoms with Crippen LogP contribution in [0.1, 0.15) is 58.3 Å². The highest BCUT2D eigenvalue weighted by atomic mass is 16.3. The van der Waals surface area contributed by atoms with Crippen LogP contribution in [0.3, 0.4) is 0 Å². The fraction of sp³-hybridized carbons (Fsp3) is 0.733. The van der Waals surface area contributed by atoms with Crippen LogP contribution in [0.2, 0.25) is 0 Å². The summed E-state index contributed by atoms with van der Waals surface area (Å²) < 4.78 is 0. The lowest BCUT2D eigenvalue weighted by molar-refractivity contribution is -0.00391. The highest BCUT2D eigenvalue weighted by Gasteiger charge is 2.41. The summed E-state index contributed by atoms with van der Waals surface area (Å²) in [6.45, 7) is 6.16. The van der Waals surface area contributed by atoms with Crippen LogP contribution >= 0.6 is 0 Å². The minimum absolute atomic E-state index is 0.297. The molecule has 0 bridgehead atoms. The molecule has 1 fully saturated rings. The Hall–Kier alpha value is -0.560. The summed E-state index contributed by atoms with van der Waals surface area (Å²) in [7, 11) is 0. The maximum atomic E-state index is 11.0. The maximum absolute atomic E-state index is 11.0. The normalized spacial score (nSPS) is 35.6. The van der Waals surface area contributed by atoms with Gasteiger partial charge < -0.3 is 5.11 Å². The van der Waals surface area contributed by atoms with Crippen molar-refractivity contribution in [3.05, 3.63) is 23.8 Å². The molecule has 0 heterocycles. The van der Waals surface area contributed by atoms with E-state index in [1.807, 2.05) is 0 Å². The van der Waals surface area contributed by atoms with Crippen molar-refractivity contribution in [2.24, 2.45) is 5.92 Å². The third kappa shape index (κ3) is 2.10. The van der Waals surface area contributed by atoms with Crippen molar-refractivity contribution in [3.63, 3.8) is 0 Å². The third-order valence-electron chi connectivity index (χ3n) is 4.32. The lowest BCUT2D eigenvalue weighted by Gasteiger charge is -2.43. The van der Waals surface area contributed by atoms with Crippen LogP contribution in [0, 0.1) is 5.92 Å². The quantitative estimate of drug-likeness (QED) is 0.698. The number of hydrogen-bond acceptors (Lipinski definition) is 1. The van der Waals surface area contributed by atoms with Gasteiger partial charge in [-0.15, -0.1) is 0 Å². The lowest BCUT2D eigenvalue weighted by atomic mass is 9.67. The standard InChI is InChI=1S/C15H24O/c1-12(2)14-10-6-7-11-15(14,16)13-8-4-3-5-9-13/h8,14,16H,1,3-7,9-11H2,2H3/t14-,15+/m1/s1. The average Bonchev–Trinajstić information content (AvgIpc) is 2.30. The molecule has 0 amide bonds. The lowest BCUT2D eigenvalue weighted by Crippen LogP contribution is -2.43. The van der Waals surface area contributed by atoms with Crippen molar-refractivity contribution in [1.82, 2.24) is 0 Å². The first-order valence-electron chi connectivity index (χ1n) is 6.72. The molecule has 2 aliphatic carbocycles. The largest absolute Gasteiger partial charge is 0.385 e. The Balaban J connectivity index is 2.24. The molecule has 2 aliphatic rings. The van der Waals surface area contributed by atoms with Gasteiger partial charge in [0.1, 0.15) is 0 Å². The van der Waals surface area contributed by atoms with Gasteiger partial charge in [0.25, 0.3) is 0 Å². The summed E-state index contributed by atoms with van der Waals surface area (Å²) in [5.74, 6) is 0.297. The van der Waals surface area contributed by atoms with Crippen LogP contribution < -0.4 is 0 Å². The van der Waals surface area contributed by atoms with Gasteiger partial charge in [0, 0.05) is 5.92 Å². The van der Waals surface area contributed by atoms with Crippen molar-refractivity contribution in [1.29, 1.82) is 0 Å². The van der Waals surface area contributed by atoms with Gasteiger partial charge in [-0.05, 0) is 51.0 Å². The Kier molecular flexibility index (Phi) is 3.53. The summed E-state index contributed by atoms with van der Waals surface area (Å²) in [5.41, 5.74) is 1.92. The Morgan fingerprint density at radius 2 is 2.19 bits per heavy atom. The van der Waals surface area contributed by atoms with Gasteiger partial charge in [-0.3, -0.25) is 0 Å². The van der Waals surface area contributed by atoms with E-state index in [1.54, 1.807) is 0 Å². The first-order valence-corrected chi connectivity index (χ1v) is 6.72. The smallest absolute Gasteiger partial charge is 0.0921 e. The van der Waals surface area contributed by atoms with Gasteiger partial charge in [0.05, 0.1) is 5.60 Å². The van der Waals surface area contributed by atoms with Gasteiger partial charge in [-0.1, -0.05) is 31.1 Å². The molecular formula is C15H24O. The van der Waals surface area contributed by atoms with E-state index in [-0.39, 0.29) is 0 Å². The first-order chi connectivity index (χ1) is 7.64. The van der Waals surface area contributed by atoms with Gasteiger partial charge in [-0.2, -0.15) is 0 Å². The second-order valence-corrected chi connectivity index (χ2v) is 5.54. The number of hydrogen-bond donors (Lipinski definition) is 1. The predicted octanol–water partition coefficient (Wildman–Crippen LogP) is 3.98. The van der Waals surface area contributed by atoms with Gasteiger partial charge in [0.15, 0.2) is 0 Å². The molecule has 0 saturated heterocycles. The summed E-state index contributed by atoms with van der Waals surface area (Å²) in [4.78, 5) is 0. The highest BCUT2D eigenvalue weighted by Crippen LogP contribution is 2.44. The van der Waals surface area contributed by atoms with E-state index in [1.165, 1.54) is 24.8 Å². The van der Waals surface area contributed by atoms with Crippen LogP contribution in [0.25, 0.3) is 0 Å². The Bertz CT molecular complexity index is 303. The molecule has 0 aromatic rings. The molecule has 1 heteroatoms. The third-order valence-corrected chi connectivity index (χ3v) is 4.32. The maximum Gasteiger partial charge on any atom is 0.0921 e. The van der Waals surface area contributed by atoms with E-state index < -0.39 is 5.60 Å². The molecular weight excluding hydrogens is 196 g/mol. The fourth-order valence-corrected chi connectivity index (χ4v) is 3.43. The van der Waals surface area contributed by atoms with Crippen molar-refractivity contribution in [3.8, 4) is 0 Å². The van der Waals surface area contributed by atoms with Crippen molar-refractivity contribution < 1.29 is 5.11 Å². The fourth-order valence-electron chi connectivity index (χ4n) is 3.43. The zero-order chi connectivity index (χ0) is 11.6. The monoisotopic (exact) mass is 220 g/mol. The molecule has 90 valence electrons. The molecule has 0 spiro atoms. The van der Waals surface area contributed by atoms with Gasteiger partial charge >= 0.3 is 0 Å². The van der Waals surface area contributed by atoms with Crippen LogP contribution in [0.15, 0.2) is 23.8 Å². The SMILES string of the molecule is C=C(C)[C@H]1CCCC[C@]1(O)C1=CCCCC1. The molecule has 0 aromatic heterocycles. The minimum atomic E-state index is -0.551. The minimum Gasteiger partial charge on any atom is -0.385 e. The first kappa shape index (κ1) is 11.9. The topological polar surface area (TPSA) is 20.2 Å². The van der Waals surface area contributed by atoms with Crippen LogP contribution in [0.5, 0.6) is 0 Å². The molecule has 2 rings (SSSR count). The van der Waals surface area contributed by atoms with Gasteiger partial charge in [0.2, 0.25) is 0 Å². The Morgan fingerprint density at radius 3 is 2.81 bits per heavy atom. The zero-order valence-electron chi connectivity index (χ0n) is 10.5. The van der Waals surface area contributed by atoms with Crippen molar-refractivity contribution in [2.75, 3.05) is 0 Å². The molecule has 0 radical (unpaired) electrons. The van der Waals surface area contributed by atoms with E-state index in [4.69, 9.17) is 0 Å². The highest BCUT2D eigenvalue weighted by molar-refractivity contribution is 5.25. The second-order valence-electron chi connectivity index (χ2n) is 5.54. The molecule has 1 nitrogen and oxygen atoms in total. The summed E-state index contributed by atoms with van der Waals surface area (Å²) in [6.07, 6.45) is 11.5. The summed E-state index contributed by atoms with van der Waals surface area (Å²) in [5, 5.41) is 11.0. The molecule has 1 N–H and O–H groups in total.